The van der Waals surface area contributed by atoms with E-state index in [1.54, 1.807) is 0 Å². The van der Waals surface area contributed by atoms with E-state index >= 15 is 0 Å². The van der Waals surface area contributed by atoms with E-state index in [1.165, 1.54) is 44.5 Å². The number of hydrogen-bond acceptors (Lipinski definition) is 2. The second-order valence-electron chi connectivity index (χ2n) is 14.9. The average Bonchev–Trinajstić information content (AvgIpc) is 3.29. The van der Waals surface area contributed by atoms with Gasteiger partial charge in [-0.15, -0.1) is 0 Å². The van der Waals surface area contributed by atoms with Crippen LogP contribution in [0, 0.1) is 0 Å². The molecule has 2 heterocycles. The third-order valence-electron chi connectivity index (χ3n) is 11.4. The van der Waals surface area contributed by atoms with Gasteiger partial charge in [0.15, 0.2) is 0 Å². The first-order chi connectivity index (χ1) is 28.2. The van der Waals surface area contributed by atoms with E-state index in [4.69, 9.17) is 9.47 Å². The van der Waals surface area contributed by atoms with E-state index in [0.29, 0.717) is 0 Å². The zero-order valence-corrected chi connectivity index (χ0v) is 31.1. The van der Waals surface area contributed by atoms with Gasteiger partial charge in [-0.05, 0) is 138 Å². The fraction of sp³-hybridized carbons (Fsp3) is 0. The van der Waals surface area contributed by atoms with Gasteiger partial charge in [-0.2, -0.15) is 0 Å². The lowest BCUT2D eigenvalue weighted by Gasteiger charge is -2.33. The highest BCUT2D eigenvalue weighted by Crippen LogP contribution is 2.40. The lowest BCUT2D eigenvalue weighted by molar-refractivity contribution is 0.464. The van der Waals surface area contributed by atoms with Crippen LogP contribution in [0.4, 0.5) is 0 Å². The van der Waals surface area contributed by atoms with Crippen LogP contribution in [0.25, 0.3) is 66.8 Å². The molecule has 0 N–H and O–H groups in total. The average molecular weight is 727 g/mol. The summed E-state index contributed by atoms with van der Waals surface area (Å²) in [6.07, 6.45) is 0. The highest BCUT2D eigenvalue weighted by atomic mass is 16.5. The predicted octanol–water partition coefficient (Wildman–Crippen LogP) is 12.4. The Morgan fingerprint density at radius 1 is 0.228 bits per heavy atom. The maximum atomic E-state index is 6.75. The molecule has 0 aromatic heterocycles. The molecule has 0 spiro atoms. The van der Waals surface area contributed by atoms with E-state index in [0.717, 1.165) is 61.6 Å². The molecule has 11 rings (SSSR count). The Bertz CT molecular complexity index is 2630. The van der Waals surface area contributed by atoms with Crippen molar-refractivity contribution in [1.82, 2.24) is 0 Å². The Hall–Kier alpha value is -7.36. The first kappa shape index (κ1) is 33.0. The number of rotatable bonds is 6. The van der Waals surface area contributed by atoms with Crippen LogP contribution in [0.3, 0.4) is 0 Å². The minimum atomic E-state index is -0.0298. The van der Waals surface area contributed by atoms with Crippen LogP contribution >= 0.6 is 0 Å². The summed E-state index contributed by atoms with van der Waals surface area (Å²) in [5, 5.41) is 0. The topological polar surface area (TPSA) is 18.5 Å². The van der Waals surface area contributed by atoms with Crippen molar-refractivity contribution in [2.24, 2.45) is 0 Å². The summed E-state index contributed by atoms with van der Waals surface area (Å²) in [5.74, 6) is 3.41. The molecular formula is C54H35BO2. The van der Waals surface area contributed by atoms with Gasteiger partial charge >= 0.3 is 0 Å². The van der Waals surface area contributed by atoms with Crippen molar-refractivity contribution in [3.8, 4) is 89.8 Å². The molecule has 3 heteroatoms. The number of hydrogen-bond donors (Lipinski definition) is 0. The Kier molecular flexibility index (Phi) is 7.96. The molecule has 2 aliphatic rings. The van der Waals surface area contributed by atoms with Gasteiger partial charge in [-0.25, -0.2) is 0 Å². The quantitative estimate of drug-likeness (QED) is 0.159. The van der Waals surface area contributed by atoms with Gasteiger partial charge in [0.25, 0.3) is 6.71 Å². The molecule has 266 valence electrons. The van der Waals surface area contributed by atoms with E-state index in [-0.39, 0.29) is 6.71 Å². The third-order valence-corrected chi connectivity index (χ3v) is 11.4. The van der Waals surface area contributed by atoms with E-state index in [9.17, 15) is 0 Å². The van der Waals surface area contributed by atoms with Crippen molar-refractivity contribution >= 4 is 23.1 Å². The normalized spacial score (nSPS) is 12.1. The van der Waals surface area contributed by atoms with Gasteiger partial charge in [0.2, 0.25) is 0 Å². The van der Waals surface area contributed by atoms with Gasteiger partial charge < -0.3 is 9.47 Å². The zero-order chi connectivity index (χ0) is 37.7. The maximum Gasteiger partial charge on any atom is 0.260 e. The Morgan fingerprint density at radius 3 is 0.877 bits per heavy atom. The Morgan fingerprint density at radius 2 is 0.544 bits per heavy atom. The molecule has 9 aromatic rings. The van der Waals surface area contributed by atoms with Crippen molar-refractivity contribution in [1.29, 1.82) is 0 Å². The minimum Gasteiger partial charge on any atom is -0.458 e. The van der Waals surface area contributed by atoms with Crippen LogP contribution in [0.15, 0.2) is 212 Å². The van der Waals surface area contributed by atoms with Crippen molar-refractivity contribution in [2.45, 2.75) is 0 Å². The van der Waals surface area contributed by atoms with Crippen LogP contribution in [-0.4, -0.2) is 6.71 Å². The Balaban J connectivity index is 1.02. The minimum absolute atomic E-state index is 0.0298. The lowest BCUT2D eigenvalue weighted by Crippen LogP contribution is -2.57. The molecule has 0 aliphatic carbocycles. The SMILES string of the molecule is c1ccc(-c2cc(-c3ccccc3)cc(-c3ccc4c(c3)Oc3cccc5c3B4c3ccc(-c4cc(-c6ccccc6)cc(-c6ccccc6)c4)cc3O5)c2)cc1. The first-order valence-corrected chi connectivity index (χ1v) is 19.5. The van der Waals surface area contributed by atoms with Crippen LogP contribution in [0.2, 0.25) is 0 Å². The highest BCUT2D eigenvalue weighted by molar-refractivity contribution is 6.98. The van der Waals surface area contributed by atoms with E-state index < -0.39 is 0 Å². The van der Waals surface area contributed by atoms with Crippen LogP contribution in [0.5, 0.6) is 23.0 Å². The summed E-state index contributed by atoms with van der Waals surface area (Å²) >= 11 is 0. The number of ether oxygens (including phenoxy) is 2. The summed E-state index contributed by atoms with van der Waals surface area (Å²) < 4.78 is 13.5. The summed E-state index contributed by atoms with van der Waals surface area (Å²) in [5.41, 5.74) is 17.3. The molecule has 0 amide bonds. The van der Waals surface area contributed by atoms with Crippen molar-refractivity contribution < 1.29 is 9.47 Å². The van der Waals surface area contributed by atoms with Crippen molar-refractivity contribution in [2.75, 3.05) is 0 Å². The van der Waals surface area contributed by atoms with E-state index in [2.05, 4.69) is 206 Å². The molecule has 2 aliphatic heterocycles. The summed E-state index contributed by atoms with van der Waals surface area (Å²) in [4.78, 5) is 0. The maximum absolute atomic E-state index is 6.75. The molecule has 0 saturated carbocycles. The molecule has 0 atom stereocenters. The highest BCUT2D eigenvalue weighted by Gasteiger charge is 2.40. The monoisotopic (exact) mass is 726 g/mol. The molecule has 0 bridgehead atoms. The summed E-state index contributed by atoms with van der Waals surface area (Å²) in [6.45, 7) is -0.0298. The Labute approximate surface area is 333 Å². The van der Waals surface area contributed by atoms with Crippen LogP contribution in [0.1, 0.15) is 0 Å². The second-order valence-corrected chi connectivity index (χ2v) is 14.9. The number of benzene rings is 9. The second kappa shape index (κ2) is 13.7. The summed E-state index contributed by atoms with van der Waals surface area (Å²) in [6, 6.07) is 75.8. The van der Waals surface area contributed by atoms with Gasteiger partial charge in [0.1, 0.15) is 23.0 Å². The smallest absolute Gasteiger partial charge is 0.260 e. The van der Waals surface area contributed by atoms with Crippen molar-refractivity contribution in [3.05, 3.63) is 212 Å². The van der Waals surface area contributed by atoms with Crippen molar-refractivity contribution in [3.63, 3.8) is 0 Å². The van der Waals surface area contributed by atoms with Gasteiger partial charge in [-0.1, -0.05) is 152 Å². The van der Waals surface area contributed by atoms with E-state index in [1.807, 2.05) is 6.07 Å². The molecule has 0 radical (unpaired) electrons. The molecule has 57 heavy (non-hydrogen) atoms. The molecule has 0 unspecified atom stereocenters. The van der Waals surface area contributed by atoms with Gasteiger partial charge in [-0.3, -0.25) is 0 Å². The van der Waals surface area contributed by atoms with Crippen LogP contribution < -0.4 is 25.9 Å². The first-order valence-electron chi connectivity index (χ1n) is 19.5. The summed E-state index contributed by atoms with van der Waals surface area (Å²) in [7, 11) is 0. The van der Waals surface area contributed by atoms with Crippen LogP contribution in [-0.2, 0) is 0 Å². The third kappa shape index (κ3) is 6.02. The molecule has 9 aromatic carbocycles. The van der Waals surface area contributed by atoms with Gasteiger partial charge in [0.05, 0.1) is 0 Å². The molecule has 2 nitrogen and oxygen atoms in total. The molecular weight excluding hydrogens is 691 g/mol. The standard InChI is InChI=1S/C54H35BO2/c1-5-14-36(15-6-1)42-28-43(37-16-7-2-8-17-37)31-46(30-42)40-24-26-48-52(34-40)56-50-22-13-23-51-54(50)55(48)49-27-25-41(35-53(49)57-51)47-32-44(38-18-9-3-10-19-38)29-45(33-47)39-20-11-4-12-21-39/h1-35H. The largest absolute Gasteiger partial charge is 0.458 e. The van der Waals surface area contributed by atoms with Gasteiger partial charge in [0, 0.05) is 5.46 Å². The number of fused-ring (bicyclic) bond motifs is 4. The molecule has 0 fully saturated rings. The fourth-order valence-corrected chi connectivity index (χ4v) is 8.56. The zero-order valence-electron chi connectivity index (χ0n) is 31.1. The molecule has 0 saturated heterocycles. The fourth-order valence-electron chi connectivity index (χ4n) is 8.56. The lowest BCUT2D eigenvalue weighted by atomic mass is 9.35. The predicted molar refractivity (Wildman–Crippen MR) is 237 cm³/mol.